The molecule has 27 heavy (non-hydrogen) atoms. The molecule has 0 aliphatic carbocycles. The summed E-state index contributed by atoms with van der Waals surface area (Å²) < 4.78 is 33.9. The van der Waals surface area contributed by atoms with Crippen LogP contribution in [0.15, 0.2) is 28.9 Å². The van der Waals surface area contributed by atoms with E-state index in [1.165, 1.54) is 18.1 Å². The van der Waals surface area contributed by atoms with Crippen LogP contribution < -0.4 is 0 Å². The molecule has 146 valence electrons. The lowest BCUT2D eigenvalue weighted by molar-refractivity contribution is -0.158. The molecule has 0 N–H and O–H groups in total. The van der Waals surface area contributed by atoms with Crippen molar-refractivity contribution < 1.29 is 27.2 Å². The summed E-state index contributed by atoms with van der Waals surface area (Å²) in [7, 11) is -1.55. The van der Waals surface area contributed by atoms with E-state index in [1.807, 2.05) is 25.1 Å². The van der Waals surface area contributed by atoms with Gasteiger partial charge in [-0.15, -0.1) is 0 Å². The van der Waals surface area contributed by atoms with Gasteiger partial charge in [0, 0.05) is 24.0 Å². The molecule has 1 fully saturated rings. The van der Waals surface area contributed by atoms with Crippen molar-refractivity contribution in [2.75, 3.05) is 18.6 Å². The minimum absolute atomic E-state index is 0.00476. The Morgan fingerprint density at radius 1 is 1.37 bits per heavy atom. The first kappa shape index (κ1) is 19.4. The molecular weight excluding hydrogens is 370 g/mol. The molecule has 0 bridgehead atoms. The SMILES string of the molecule is Cc1ccc2c(CC(=O)O[C@H](C)C(=O)N(C)[C@H]3CCS(=O)(=O)C3)coc2c1. The van der Waals surface area contributed by atoms with Gasteiger partial charge in [-0.05, 0) is 31.9 Å². The first-order valence-corrected chi connectivity index (χ1v) is 10.6. The van der Waals surface area contributed by atoms with E-state index in [-0.39, 0.29) is 24.0 Å². The van der Waals surface area contributed by atoms with Gasteiger partial charge in [0.15, 0.2) is 15.9 Å². The highest BCUT2D eigenvalue weighted by Crippen LogP contribution is 2.23. The first-order chi connectivity index (χ1) is 12.7. The van der Waals surface area contributed by atoms with Crippen LogP contribution in [0.4, 0.5) is 0 Å². The third-order valence-corrected chi connectivity index (χ3v) is 6.66. The summed E-state index contributed by atoms with van der Waals surface area (Å²) >= 11 is 0. The summed E-state index contributed by atoms with van der Waals surface area (Å²) in [6.45, 7) is 3.45. The molecule has 0 saturated carbocycles. The molecule has 1 saturated heterocycles. The number of rotatable bonds is 5. The van der Waals surface area contributed by atoms with Gasteiger partial charge in [0.05, 0.1) is 24.2 Å². The van der Waals surface area contributed by atoms with Crippen LogP contribution in [0, 0.1) is 6.92 Å². The Hall–Kier alpha value is -2.35. The maximum atomic E-state index is 12.5. The lowest BCUT2D eigenvalue weighted by Crippen LogP contribution is -2.44. The fourth-order valence-electron chi connectivity index (χ4n) is 3.32. The molecule has 3 rings (SSSR count). The molecular formula is C19H23NO6S. The smallest absolute Gasteiger partial charge is 0.311 e. The van der Waals surface area contributed by atoms with E-state index in [0.717, 1.165) is 10.9 Å². The Morgan fingerprint density at radius 2 is 2.11 bits per heavy atom. The number of furan rings is 1. The number of likely N-dealkylation sites (N-methyl/N-ethyl adjacent to an activating group) is 1. The highest BCUT2D eigenvalue weighted by atomic mass is 32.2. The van der Waals surface area contributed by atoms with E-state index >= 15 is 0 Å². The number of aryl methyl sites for hydroxylation is 1. The van der Waals surface area contributed by atoms with E-state index in [1.54, 1.807) is 7.05 Å². The van der Waals surface area contributed by atoms with Crippen molar-refractivity contribution in [3.8, 4) is 0 Å². The number of carbonyl (C=O) groups excluding carboxylic acids is 2. The van der Waals surface area contributed by atoms with Crippen LogP contribution in [0.25, 0.3) is 11.0 Å². The molecule has 0 radical (unpaired) electrons. The van der Waals surface area contributed by atoms with Crippen molar-refractivity contribution in [1.82, 2.24) is 4.90 Å². The van der Waals surface area contributed by atoms with Crippen molar-refractivity contribution >= 4 is 32.7 Å². The van der Waals surface area contributed by atoms with Crippen LogP contribution in [-0.4, -0.2) is 55.9 Å². The molecule has 1 aromatic carbocycles. The lowest BCUT2D eigenvalue weighted by atomic mass is 10.1. The second-order valence-electron chi connectivity index (χ2n) is 7.08. The second-order valence-corrected chi connectivity index (χ2v) is 9.30. The fourth-order valence-corrected chi connectivity index (χ4v) is 5.09. The van der Waals surface area contributed by atoms with Crippen LogP contribution in [0.2, 0.25) is 0 Å². The topological polar surface area (TPSA) is 93.9 Å². The average molecular weight is 393 g/mol. The van der Waals surface area contributed by atoms with Crippen LogP contribution in [0.3, 0.4) is 0 Å². The predicted octanol–water partition coefficient (Wildman–Crippen LogP) is 1.86. The molecule has 2 atom stereocenters. The Morgan fingerprint density at radius 3 is 2.78 bits per heavy atom. The zero-order valence-electron chi connectivity index (χ0n) is 15.6. The number of benzene rings is 1. The first-order valence-electron chi connectivity index (χ1n) is 8.79. The van der Waals surface area contributed by atoms with E-state index in [9.17, 15) is 18.0 Å². The summed E-state index contributed by atoms with van der Waals surface area (Å²) in [5, 5.41) is 0.838. The maximum Gasteiger partial charge on any atom is 0.311 e. The molecule has 0 spiro atoms. The van der Waals surface area contributed by atoms with Gasteiger partial charge in [0.2, 0.25) is 0 Å². The molecule has 0 unspecified atom stereocenters. The van der Waals surface area contributed by atoms with Gasteiger partial charge in [-0.25, -0.2) is 8.42 Å². The summed E-state index contributed by atoms with van der Waals surface area (Å²) in [6.07, 6.45) is 0.944. The monoisotopic (exact) mass is 393 g/mol. The van der Waals surface area contributed by atoms with Gasteiger partial charge in [-0.2, -0.15) is 0 Å². The molecule has 2 heterocycles. The molecule has 8 heteroatoms. The number of hydrogen-bond acceptors (Lipinski definition) is 6. The fraction of sp³-hybridized carbons (Fsp3) is 0.474. The number of hydrogen-bond donors (Lipinski definition) is 0. The van der Waals surface area contributed by atoms with Crippen molar-refractivity contribution in [2.24, 2.45) is 0 Å². The Balaban J connectivity index is 1.60. The van der Waals surface area contributed by atoms with Gasteiger partial charge < -0.3 is 14.1 Å². The Labute approximate surface area is 158 Å². The standard InChI is InChI=1S/C19H23NO6S/c1-12-4-5-16-14(10-25-17(16)8-12)9-18(21)26-13(2)19(22)20(3)15-6-7-27(23,24)11-15/h4-5,8,10,13,15H,6-7,9,11H2,1-3H3/t13-,15+/m1/s1. The van der Waals surface area contributed by atoms with E-state index in [0.29, 0.717) is 17.6 Å². The summed E-state index contributed by atoms with van der Waals surface area (Å²) in [5.41, 5.74) is 2.45. The summed E-state index contributed by atoms with van der Waals surface area (Å²) in [5.74, 6) is -0.906. The van der Waals surface area contributed by atoms with E-state index in [2.05, 4.69) is 0 Å². The predicted molar refractivity (Wildman–Crippen MR) is 100 cm³/mol. The van der Waals surface area contributed by atoms with Crippen molar-refractivity contribution in [2.45, 2.75) is 38.8 Å². The Kier molecular flexibility index (Phi) is 5.28. The number of carbonyl (C=O) groups is 2. The third kappa shape index (κ3) is 4.32. The normalized spacial score (nSPS) is 19.7. The number of fused-ring (bicyclic) bond motifs is 1. The second kappa shape index (κ2) is 7.34. The van der Waals surface area contributed by atoms with Crippen molar-refractivity contribution in [3.63, 3.8) is 0 Å². The van der Waals surface area contributed by atoms with Crippen LogP contribution in [-0.2, 0) is 30.6 Å². The highest BCUT2D eigenvalue weighted by molar-refractivity contribution is 7.91. The lowest BCUT2D eigenvalue weighted by Gasteiger charge is -2.26. The number of nitrogens with zero attached hydrogens (tertiary/aromatic N) is 1. The number of amides is 1. The van der Waals surface area contributed by atoms with Gasteiger partial charge in [-0.1, -0.05) is 12.1 Å². The molecule has 7 nitrogen and oxygen atoms in total. The zero-order chi connectivity index (χ0) is 19.8. The van der Waals surface area contributed by atoms with Gasteiger partial charge in [0.25, 0.3) is 5.91 Å². The van der Waals surface area contributed by atoms with Gasteiger partial charge in [0.1, 0.15) is 5.58 Å². The number of sulfone groups is 1. The van der Waals surface area contributed by atoms with Crippen molar-refractivity contribution in [3.05, 3.63) is 35.6 Å². The largest absolute Gasteiger partial charge is 0.464 e. The van der Waals surface area contributed by atoms with Crippen molar-refractivity contribution in [1.29, 1.82) is 0 Å². The number of esters is 1. The Bertz CT molecular complexity index is 977. The average Bonchev–Trinajstić information content (AvgIpc) is 3.16. The van der Waals surface area contributed by atoms with Crippen LogP contribution in [0.1, 0.15) is 24.5 Å². The van der Waals surface area contributed by atoms with E-state index in [4.69, 9.17) is 9.15 Å². The van der Waals surface area contributed by atoms with Gasteiger partial charge >= 0.3 is 5.97 Å². The minimum Gasteiger partial charge on any atom is -0.464 e. The van der Waals surface area contributed by atoms with Crippen LogP contribution >= 0.6 is 0 Å². The summed E-state index contributed by atoms with van der Waals surface area (Å²) in [4.78, 5) is 26.1. The quantitative estimate of drug-likeness (QED) is 0.720. The van der Waals surface area contributed by atoms with Gasteiger partial charge in [-0.3, -0.25) is 9.59 Å². The summed E-state index contributed by atoms with van der Waals surface area (Å²) in [6, 6.07) is 5.34. The zero-order valence-corrected chi connectivity index (χ0v) is 16.4. The highest BCUT2D eigenvalue weighted by Gasteiger charge is 2.35. The molecule has 2 aromatic rings. The molecule has 1 amide bonds. The molecule has 1 aliphatic heterocycles. The van der Waals surface area contributed by atoms with E-state index < -0.39 is 27.8 Å². The van der Waals surface area contributed by atoms with Crippen LogP contribution in [0.5, 0.6) is 0 Å². The molecule has 1 aliphatic rings. The third-order valence-electron chi connectivity index (χ3n) is 4.91. The maximum absolute atomic E-state index is 12.5. The molecule has 1 aromatic heterocycles. The number of ether oxygens (including phenoxy) is 1. The minimum atomic E-state index is -3.09.